The van der Waals surface area contributed by atoms with E-state index in [4.69, 9.17) is 23.2 Å². The van der Waals surface area contributed by atoms with Crippen LogP contribution in [0.5, 0.6) is 0 Å². The average molecular weight is 462 g/mol. The van der Waals surface area contributed by atoms with E-state index in [9.17, 15) is 9.59 Å². The second kappa shape index (κ2) is 9.15. The highest BCUT2D eigenvalue weighted by atomic mass is 35.5. The number of nitrogens with zero attached hydrogens (tertiary/aromatic N) is 7. The van der Waals surface area contributed by atoms with Crippen molar-refractivity contribution in [2.24, 2.45) is 4.99 Å². The number of tetrazole rings is 1. The molecule has 0 amide bonds. The van der Waals surface area contributed by atoms with Gasteiger partial charge in [-0.05, 0) is 35.8 Å². The van der Waals surface area contributed by atoms with Crippen LogP contribution in [0.3, 0.4) is 0 Å². The Kier molecular flexibility index (Phi) is 6.33. The molecular formula is C20H21Cl2N7O2. The Morgan fingerprint density at radius 3 is 2.71 bits per heavy atom. The summed E-state index contributed by atoms with van der Waals surface area (Å²) in [6, 6.07) is 7.49. The molecule has 0 N–H and O–H groups in total. The van der Waals surface area contributed by atoms with Crippen LogP contribution in [0.1, 0.15) is 36.7 Å². The van der Waals surface area contributed by atoms with Crippen molar-refractivity contribution < 1.29 is 0 Å². The van der Waals surface area contributed by atoms with Gasteiger partial charge in [-0.15, -0.1) is 10.2 Å². The van der Waals surface area contributed by atoms with E-state index in [0.29, 0.717) is 53.3 Å². The summed E-state index contributed by atoms with van der Waals surface area (Å²) < 4.78 is 2.78. The number of aliphatic imine (C=N–C) groups is 1. The maximum absolute atomic E-state index is 12.9. The molecule has 0 bridgehead atoms. The van der Waals surface area contributed by atoms with E-state index < -0.39 is 0 Å². The van der Waals surface area contributed by atoms with E-state index in [1.54, 1.807) is 0 Å². The molecular weight excluding hydrogens is 441 g/mol. The van der Waals surface area contributed by atoms with Crippen molar-refractivity contribution in [3.8, 4) is 0 Å². The summed E-state index contributed by atoms with van der Waals surface area (Å²) in [5.74, 6) is 0.968. The molecule has 2 aromatic heterocycles. The third-order valence-corrected chi connectivity index (χ3v) is 5.43. The summed E-state index contributed by atoms with van der Waals surface area (Å²) in [7, 11) is 0. The summed E-state index contributed by atoms with van der Waals surface area (Å²) in [4.78, 5) is 31.4. The van der Waals surface area contributed by atoms with Crippen molar-refractivity contribution in [2.45, 2.75) is 52.2 Å². The lowest BCUT2D eigenvalue weighted by Gasteiger charge is -2.13. The zero-order valence-corrected chi connectivity index (χ0v) is 18.5. The molecule has 1 aliphatic rings. The predicted molar refractivity (Wildman–Crippen MR) is 119 cm³/mol. The third-order valence-electron chi connectivity index (χ3n) is 4.97. The van der Waals surface area contributed by atoms with Crippen molar-refractivity contribution in [2.75, 3.05) is 0 Å². The van der Waals surface area contributed by atoms with Crippen LogP contribution in [0.4, 0.5) is 5.82 Å². The van der Waals surface area contributed by atoms with Crippen molar-refractivity contribution in [3.05, 3.63) is 67.1 Å². The van der Waals surface area contributed by atoms with Crippen LogP contribution in [0.25, 0.3) is 0 Å². The molecule has 0 saturated carbocycles. The Morgan fingerprint density at radius 1 is 1.10 bits per heavy atom. The summed E-state index contributed by atoms with van der Waals surface area (Å²) in [5, 5.41) is 13.5. The molecule has 11 heteroatoms. The first-order valence-corrected chi connectivity index (χ1v) is 10.8. The fourth-order valence-electron chi connectivity index (χ4n) is 3.59. The highest BCUT2D eigenvalue weighted by Gasteiger charge is 2.24. The van der Waals surface area contributed by atoms with Gasteiger partial charge in [-0.25, -0.2) is 9.79 Å². The molecule has 31 heavy (non-hydrogen) atoms. The standard InChI is InChI=1S/C20H21Cl2N7O2/c1-2-7-27-18-15(12-16(22)23-18)19(30)28(20(27)31)8-4-9-29-25-17(24-26-29)11-13-5-3-6-14(21)10-13/h3,5-6,10H,2,4,7-9,11-12H2,1H3. The van der Waals surface area contributed by atoms with Gasteiger partial charge in [-0.3, -0.25) is 13.9 Å². The first kappa shape index (κ1) is 21.5. The van der Waals surface area contributed by atoms with E-state index in [0.717, 1.165) is 12.0 Å². The first-order chi connectivity index (χ1) is 15.0. The Labute approximate surface area is 187 Å². The smallest absolute Gasteiger partial charge is 0.278 e. The van der Waals surface area contributed by atoms with Gasteiger partial charge in [0.15, 0.2) is 5.82 Å². The van der Waals surface area contributed by atoms with Crippen molar-refractivity contribution in [1.82, 2.24) is 29.3 Å². The topological polar surface area (TPSA) is 100.0 Å². The Bertz CT molecular complexity index is 1260. The number of hydrogen-bond donors (Lipinski definition) is 0. The van der Waals surface area contributed by atoms with Gasteiger partial charge in [0, 0.05) is 31.0 Å². The van der Waals surface area contributed by atoms with Gasteiger partial charge in [-0.1, -0.05) is 42.3 Å². The molecule has 0 fully saturated rings. The van der Waals surface area contributed by atoms with Gasteiger partial charge < -0.3 is 0 Å². The average Bonchev–Trinajstić information content (AvgIpc) is 3.34. The molecule has 0 saturated heterocycles. The highest BCUT2D eigenvalue weighted by molar-refractivity contribution is 6.66. The van der Waals surface area contributed by atoms with E-state index >= 15 is 0 Å². The lowest BCUT2D eigenvalue weighted by Crippen LogP contribution is -2.41. The Morgan fingerprint density at radius 2 is 1.94 bits per heavy atom. The van der Waals surface area contributed by atoms with Crippen molar-refractivity contribution in [1.29, 1.82) is 0 Å². The molecule has 0 unspecified atom stereocenters. The van der Waals surface area contributed by atoms with Crippen LogP contribution in [-0.2, 0) is 32.5 Å². The molecule has 9 nitrogen and oxygen atoms in total. The number of aryl methyl sites for hydroxylation is 1. The minimum atomic E-state index is -0.367. The molecule has 162 valence electrons. The molecule has 0 radical (unpaired) electrons. The second-order valence-corrected chi connectivity index (χ2v) is 8.19. The summed E-state index contributed by atoms with van der Waals surface area (Å²) in [6.07, 6.45) is 2.03. The molecule has 4 rings (SSSR count). The molecule has 0 atom stereocenters. The van der Waals surface area contributed by atoms with Gasteiger partial charge in [0.05, 0.1) is 12.1 Å². The Balaban J connectivity index is 1.46. The van der Waals surface area contributed by atoms with Gasteiger partial charge in [0.1, 0.15) is 11.0 Å². The van der Waals surface area contributed by atoms with Crippen LogP contribution >= 0.6 is 23.2 Å². The van der Waals surface area contributed by atoms with Crippen molar-refractivity contribution >= 4 is 34.2 Å². The number of halogens is 2. The van der Waals surface area contributed by atoms with E-state index in [1.807, 2.05) is 31.2 Å². The largest absolute Gasteiger partial charge is 0.332 e. The minimum Gasteiger partial charge on any atom is -0.278 e. The fraction of sp³-hybridized carbons (Fsp3) is 0.400. The van der Waals surface area contributed by atoms with Gasteiger partial charge in [0.25, 0.3) is 5.56 Å². The van der Waals surface area contributed by atoms with E-state index in [2.05, 4.69) is 20.4 Å². The zero-order valence-electron chi connectivity index (χ0n) is 17.0. The maximum atomic E-state index is 12.9. The van der Waals surface area contributed by atoms with E-state index in [1.165, 1.54) is 13.9 Å². The SMILES string of the molecule is CCCn1c2c(c(=O)n(CCCn3nnc(Cc4cccc(Cl)c4)n3)c1=O)CC(Cl)=N2. The van der Waals surface area contributed by atoms with E-state index in [-0.39, 0.29) is 24.2 Å². The highest BCUT2D eigenvalue weighted by Crippen LogP contribution is 2.24. The van der Waals surface area contributed by atoms with Gasteiger partial charge in [-0.2, -0.15) is 4.80 Å². The monoisotopic (exact) mass is 461 g/mol. The van der Waals surface area contributed by atoms with Crippen molar-refractivity contribution in [3.63, 3.8) is 0 Å². The third kappa shape index (κ3) is 4.62. The summed E-state index contributed by atoms with van der Waals surface area (Å²) >= 11 is 12.0. The zero-order chi connectivity index (χ0) is 22.0. The number of hydrogen-bond acceptors (Lipinski definition) is 6. The lowest BCUT2D eigenvalue weighted by molar-refractivity contribution is 0.449. The van der Waals surface area contributed by atoms with Gasteiger partial charge >= 0.3 is 5.69 Å². The van der Waals surface area contributed by atoms with Crippen LogP contribution < -0.4 is 11.2 Å². The summed E-state index contributed by atoms with van der Waals surface area (Å²) in [5.41, 5.74) is 0.767. The maximum Gasteiger partial charge on any atom is 0.332 e. The molecule has 3 aromatic rings. The lowest BCUT2D eigenvalue weighted by atomic mass is 10.1. The number of fused-ring (bicyclic) bond motifs is 1. The van der Waals surface area contributed by atoms with Crippen LogP contribution in [0.15, 0.2) is 38.8 Å². The molecule has 0 spiro atoms. The van der Waals surface area contributed by atoms with Gasteiger partial charge in [0.2, 0.25) is 0 Å². The minimum absolute atomic E-state index is 0.247. The fourth-order valence-corrected chi connectivity index (χ4v) is 4.02. The Hall–Kier alpha value is -2.78. The molecule has 1 aliphatic heterocycles. The number of benzene rings is 1. The second-order valence-electron chi connectivity index (χ2n) is 7.32. The van der Waals surface area contributed by atoms with Crippen LogP contribution in [-0.4, -0.2) is 34.5 Å². The predicted octanol–water partition coefficient (Wildman–Crippen LogP) is 2.57. The first-order valence-electron chi connectivity index (χ1n) is 10.1. The molecule has 0 aliphatic carbocycles. The normalized spacial score (nSPS) is 12.8. The number of rotatable bonds is 8. The number of aromatic nitrogens is 6. The summed E-state index contributed by atoms with van der Waals surface area (Å²) in [6.45, 7) is 3.12. The van der Waals surface area contributed by atoms with Crippen LogP contribution in [0.2, 0.25) is 5.02 Å². The quantitative estimate of drug-likeness (QED) is 0.512. The molecule has 1 aromatic carbocycles. The van der Waals surface area contributed by atoms with Crippen LogP contribution in [0, 0.1) is 0 Å². The molecule has 3 heterocycles.